The fourth-order valence-electron chi connectivity index (χ4n) is 1.88. The third-order valence-electron chi connectivity index (χ3n) is 2.82. The Morgan fingerprint density at radius 1 is 1.22 bits per heavy atom. The average molecular weight is 281 g/mol. The topological polar surface area (TPSA) is 24.9 Å². The Kier molecular flexibility index (Phi) is 4.59. The summed E-state index contributed by atoms with van der Waals surface area (Å²) < 4.78 is 0. The van der Waals surface area contributed by atoms with Gasteiger partial charge in [-0.2, -0.15) is 0 Å². The molecule has 1 N–H and O–H groups in total. The second kappa shape index (κ2) is 6.19. The van der Waals surface area contributed by atoms with Gasteiger partial charge in [-0.05, 0) is 42.9 Å². The first kappa shape index (κ1) is 13.3. The first-order valence-corrected chi connectivity index (χ1v) is 6.48. The maximum atomic E-state index is 6.22. The Hall–Kier alpha value is -1.09. The van der Waals surface area contributed by atoms with Crippen molar-refractivity contribution in [3.05, 3.63) is 63.9 Å². The molecule has 0 fully saturated rings. The minimum atomic E-state index is 0.103. The van der Waals surface area contributed by atoms with Gasteiger partial charge in [0.25, 0.3) is 0 Å². The number of likely N-dealkylation sites (N-methyl/N-ethyl adjacent to an activating group) is 1. The van der Waals surface area contributed by atoms with Gasteiger partial charge in [-0.15, -0.1) is 0 Å². The normalized spacial score (nSPS) is 12.4. The number of hydrogen-bond donors (Lipinski definition) is 1. The Balaban J connectivity index is 2.26. The van der Waals surface area contributed by atoms with Gasteiger partial charge < -0.3 is 5.32 Å². The van der Waals surface area contributed by atoms with Gasteiger partial charge >= 0.3 is 0 Å². The zero-order valence-electron chi connectivity index (χ0n) is 10.0. The van der Waals surface area contributed by atoms with Crippen LogP contribution in [-0.4, -0.2) is 12.0 Å². The molecule has 94 valence electrons. The van der Waals surface area contributed by atoms with Crippen molar-refractivity contribution in [2.45, 2.75) is 12.5 Å². The molecule has 0 aliphatic carbocycles. The molecule has 4 heteroatoms. The van der Waals surface area contributed by atoms with Gasteiger partial charge in [0.1, 0.15) is 0 Å². The van der Waals surface area contributed by atoms with Crippen LogP contribution in [0.15, 0.2) is 42.6 Å². The third-order valence-corrected chi connectivity index (χ3v) is 3.40. The van der Waals surface area contributed by atoms with E-state index in [1.807, 2.05) is 37.4 Å². The van der Waals surface area contributed by atoms with Crippen LogP contribution in [0.25, 0.3) is 0 Å². The van der Waals surface area contributed by atoms with E-state index in [1.165, 1.54) is 0 Å². The lowest BCUT2D eigenvalue weighted by molar-refractivity contribution is 0.584. The monoisotopic (exact) mass is 280 g/mol. The fraction of sp³-hybridized carbons (Fsp3) is 0.214. The highest BCUT2D eigenvalue weighted by molar-refractivity contribution is 6.33. The molecular formula is C14H14Cl2N2. The summed E-state index contributed by atoms with van der Waals surface area (Å²) in [6.45, 7) is 0. The smallest absolute Gasteiger partial charge is 0.0454 e. The van der Waals surface area contributed by atoms with Crippen molar-refractivity contribution in [3.63, 3.8) is 0 Å². The van der Waals surface area contributed by atoms with E-state index in [-0.39, 0.29) is 6.04 Å². The summed E-state index contributed by atoms with van der Waals surface area (Å²) in [7, 11) is 1.91. The summed E-state index contributed by atoms with van der Waals surface area (Å²) in [5.41, 5.74) is 2.02. The van der Waals surface area contributed by atoms with Crippen LogP contribution in [0, 0.1) is 0 Å². The Morgan fingerprint density at radius 2 is 2.06 bits per heavy atom. The molecule has 1 atom stereocenters. The van der Waals surface area contributed by atoms with E-state index in [0.29, 0.717) is 5.02 Å². The van der Waals surface area contributed by atoms with Crippen LogP contribution in [0.3, 0.4) is 0 Å². The highest BCUT2D eigenvalue weighted by Crippen LogP contribution is 2.28. The van der Waals surface area contributed by atoms with E-state index >= 15 is 0 Å². The molecule has 0 spiro atoms. The molecule has 0 saturated heterocycles. The van der Waals surface area contributed by atoms with Gasteiger partial charge in [-0.3, -0.25) is 4.98 Å². The van der Waals surface area contributed by atoms with Crippen molar-refractivity contribution >= 4 is 23.2 Å². The van der Waals surface area contributed by atoms with Crippen molar-refractivity contribution in [3.8, 4) is 0 Å². The van der Waals surface area contributed by atoms with Crippen LogP contribution >= 0.6 is 23.2 Å². The Morgan fingerprint density at radius 3 is 2.72 bits per heavy atom. The van der Waals surface area contributed by atoms with Gasteiger partial charge in [0.15, 0.2) is 0 Å². The molecule has 0 radical (unpaired) electrons. The lowest BCUT2D eigenvalue weighted by atomic mass is 10.0. The predicted molar refractivity (Wildman–Crippen MR) is 76.2 cm³/mol. The number of nitrogens with one attached hydrogen (secondary N) is 1. The first-order valence-electron chi connectivity index (χ1n) is 5.73. The van der Waals surface area contributed by atoms with Crippen molar-refractivity contribution in [1.29, 1.82) is 0 Å². The molecule has 0 amide bonds. The molecule has 1 aromatic heterocycles. The van der Waals surface area contributed by atoms with E-state index in [1.54, 1.807) is 12.3 Å². The predicted octanol–water partition coefficient (Wildman–Crippen LogP) is 3.89. The minimum Gasteiger partial charge on any atom is -0.313 e. The quantitative estimate of drug-likeness (QED) is 0.919. The van der Waals surface area contributed by atoms with Gasteiger partial charge in [0.2, 0.25) is 0 Å². The van der Waals surface area contributed by atoms with E-state index < -0.39 is 0 Å². The number of pyridine rings is 1. The number of halogens is 2. The van der Waals surface area contributed by atoms with Crippen LogP contribution in [-0.2, 0) is 6.42 Å². The lowest BCUT2D eigenvalue weighted by Gasteiger charge is -2.18. The number of hydrogen-bond acceptors (Lipinski definition) is 2. The number of rotatable bonds is 4. The molecule has 1 unspecified atom stereocenters. The zero-order chi connectivity index (χ0) is 13.0. The van der Waals surface area contributed by atoms with E-state index in [2.05, 4.69) is 10.3 Å². The maximum Gasteiger partial charge on any atom is 0.0454 e. The van der Waals surface area contributed by atoms with E-state index in [4.69, 9.17) is 23.2 Å². The molecule has 2 aromatic rings. The standard InChI is InChI=1S/C14H14Cl2N2/c1-17-14(9-11-4-2-3-7-18-11)12-8-10(15)5-6-13(12)16/h2-8,14,17H,9H2,1H3. The van der Waals surface area contributed by atoms with Crippen molar-refractivity contribution < 1.29 is 0 Å². The van der Waals surface area contributed by atoms with Crippen LogP contribution in [0.2, 0.25) is 10.0 Å². The highest BCUT2D eigenvalue weighted by atomic mass is 35.5. The summed E-state index contributed by atoms with van der Waals surface area (Å²) >= 11 is 12.2. The molecule has 2 rings (SSSR count). The first-order chi connectivity index (χ1) is 8.70. The molecular weight excluding hydrogens is 267 g/mol. The highest BCUT2D eigenvalue weighted by Gasteiger charge is 2.14. The van der Waals surface area contributed by atoms with Gasteiger partial charge in [-0.25, -0.2) is 0 Å². The summed E-state index contributed by atoms with van der Waals surface area (Å²) in [5.74, 6) is 0. The van der Waals surface area contributed by atoms with Gasteiger partial charge in [0, 0.05) is 34.4 Å². The molecule has 18 heavy (non-hydrogen) atoms. The molecule has 0 aliphatic heterocycles. The Bertz CT molecular complexity index is 514. The summed E-state index contributed by atoms with van der Waals surface area (Å²) in [6, 6.07) is 11.5. The van der Waals surface area contributed by atoms with Gasteiger partial charge in [-0.1, -0.05) is 29.3 Å². The molecule has 1 heterocycles. The van der Waals surface area contributed by atoms with Crippen LogP contribution in [0.1, 0.15) is 17.3 Å². The van der Waals surface area contributed by atoms with Crippen molar-refractivity contribution in [1.82, 2.24) is 10.3 Å². The van der Waals surface area contributed by atoms with E-state index in [9.17, 15) is 0 Å². The minimum absolute atomic E-state index is 0.103. The fourth-order valence-corrected chi connectivity index (χ4v) is 2.31. The summed E-state index contributed by atoms with van der Waals surface area (Å²) in [4.78, 5) is 4.33. The van der Waals surface area contributed by atoms with Crippen molar-refractivity contribution in [2.24, 2.45) is 0 Å². The largest absolute Gasteiger partial charge is 0.313 e. The second-order valence-corrected chi connectivity index (χ2v) is 4.88. The molecule has 0 saturated carbocycles. The second-order valence-electron chi connectivity index (χ2n) is 4.03. The SMILES string of the molecule is CNC(Cc1ccccn1)c1cc(Cl)ccc1Cl. The number of benzene rings is 1. The Labute approximate surface area is 117 Å². The van der Waals surface area contributed by atoms with E-state index in [0.717, 1.165) is 22.7 Å². The summed E-state index contributed by atoms with van der Waals surface area (Å²) in [6.07, 6.45) is 2.57. The molecule has 1 aromatic carbocycles. The summed E-state index contributed by atoms with van der Waals surface area (Å²) in [5, 5.41) is 4.66. The number of aromatic nitrogens is 1. The zero-order valence-corrected chi connectivity index (χ0v) is 11.5. The number of nitrogens with zero attached hydrogens (tertiary/aromatic N) is 1. The van der Waals surface area contributed by atoms with Crippen molar-refractivity contribution in [2.75, 3.05) is 7.05 Å². The average Bonchev–Trinajstić information content (AvgIpc) is 2.40. The molecule has 0 aliphatic rings. The van der Waals surface area contributed by atoms with Gasteiger partial charge in [0.05, 0.1) is 0 Å². The maximum absolute atomic E-state index is 6.22. The lowest BCUT2D eigenvalue weighted by Crippen LogP contribution is -2.19. The van der Waals surface area contributed by atoms with Crippen LogP contribution in [0.5, 0.6) is 0 Å². The molecule has 2 nitrogen and oxygen atoms in total. The molecule has 0 bridgehead atoms. The van der Waals surface area contributed by atoms with Crippen LogP contribution in [0.4, 0.5) is 0 Å². The van der Waals surface area contributed by atoms with Crippen LogP contribution < -0.4 is 5.32 Å². The third kappa shape index (κ3) is 3.22.